The number of aliphatic hydroxyl groups is 3. The zero-order chi connectivity index (χ0) is 39.6. The SMILES string of the molecule is CCC1(N(CCO)C(=O)c2ccccc2CCC(O)Cc2ccc(C)cc2C(=O)N(CCO)C(C)(C)c2ccc(OCc3ccc[n+]([O-])c3)cc2)CCCC1. The second-order valence-corrected chi connectivity index (χ2v) is 15.3. The third kappa shape index (κ3) is 9.92. The van der Waals surface area contributed by atoms with Crippen molar-refractivity contribution in [3.8, 4) is 5.75 Å². The van der Waals surface area contributed by atoms with E-state index in [0.717, 1.165) is 59.1 Å². The summed E-state index contributed by atoms with van der Waals surface area (Å²) in [6, 6.07) is 24.1. The number of aliphatic hydroxyl groups excluding tert-OH is 3. The third-order valence-electron chi connectivity index (χ3n) is 11.3. The predicted molar refractivity (Wildman–Crippen MR) is 213 cm³/mol. The molecule has 10 heteroatoms. The minimum Gasteiger partial charge on any atom is -0.619 e. The summed E-state index contributed by atoms with van der Waals surface area (Å²) in [5.41, 5.74) is 4.04. The molecule has 1 aromatic heterocycles. The number of benzene rings is 3. The minimum atomic E-state index is -0.819. The van der Waals surface area contributed by atoms with Gasteiger partial charge in [-0.25, -0.2) is 0 Å². The highest BCUT2D eigenvalue weighted by Crippen LogP contribution is 2.39. The van der Waals surface area contributed by atoms with Crippen LogP contribution in [0.2, 0.25) is 0 Å². The molecule has 1 fully saturated rings. The molecule has 4 aromatic rings. The van der Waals surface area contributed by atoms with Gasteiger partial charge in [-0.05, 0) is 106 Å². The lowest BCUT2D eigenvalue weighted by atomic mass is 9.89. The van der Waals surface area contributed by atoms with Gasteiger partial charge in [-0.15, -0.1) is 0 Å². The number of amides is 2. The molecule has 294 valence electrons. The lowest BCUT2D eigenvalue weighted by molar-refractivity contribution is -0.606. The standard InChI is InChI=1S/C45H57N3O7/c1-5-45(22-8-9-23-45)48(26-28-50)42(52)40-13-7-6-12-35(40)16-19-38(51)30-36-15-14-33(2)29-41(36)43(53)47(25-27-49)44(3,4)37-17-20-39(21-18-37)55-32-34-11-10-24-46(54)31-34/h6-7,10-15,17-18,20-21,24,29,31,38,49-51H,5,8-9,16,19,22-23,25-28,30,32H2,1-4H3. The summed E-state index contributed by atoms with van der Waals surface area (Å²) in [4.78, 5) is 32.1. The number of carbonyl (C=O) groups is 2. The molecular formula is C45H57N3O7. The highest BCUT2D eigenvalue weighted by molar-refractivity contribution is 5.97. The first-order valence-electron chi connectivity index (χ1n) is 19.5. The summed E-state index contributed by atoms with van der Waals surface area (Å²) in [6.45, 7) is 8.21. The van der Waals surface area contributed by atoms with Crippen molar-refractivity contribution in [1.29, 1.82) is 0 Å². The third-order valence-corrected chi connectivity index (χ3v) is 11.3. The van der Waals surface area contributed by atoms with Crippen LogP contribution in [0.1, 0.15) is 108 Å². The first-order valence-corrected chi connectivity index (χ1v) is 19.5. The molecule has 0 bridgehead atoms. The van der Waals surface area contributed by atoms with Crippen LogP contribution < -0.4 is 9.47 Å². The van der Waals surface area contributed by atoms with Crippen LogP contribution in [0.15, 0.2) is 91.3 Å². The van der Waals surface area contributed by atoms with E-state index >= 15 is 0 Å². The zero-order valence-electron chi connectivity index (χ0n) is 32.7. The Kier molecular flexibility index (Phi) is 14.1. The number of carbonyl (C=O) groups excluding carboxylic acids is 2. The second kappa shape index (κ2) is 18.7. The number of aryl methyl sites for hydroxylation is 2. The molecule has 0 aliphatic heterocycles. The maximum atomic E-state index is 14.5. The highest BCUT2D eigenvalue weighted by atomic mass is 16.5. The number of hydrogen-bond donors (Lipinski definition) is 3. The van der Waals surface area contributed by atoms with Crippen LogP contribution in [0.3, 0.4) is 0 Å². The van der Waals surface area contributed by atoms with E-state index in [1.54, 1.807) is 11.0 Å². The van der Waals surface area contributed by atoms with Crippen molar-refractivity contribution in [2.45, 2.75) is 103 Å². The Morgan fingerprint density at radius 2 is 1.62 bits per heavy atom. The van der Waals surface area contributed by atoms with Crippen molar-refractivity contribution in [1.82, 2.24) is 9.80 Å². The van der Waals surface area contributed by atoms with Gasteiger partial charge in [0.2, 0.25) is 0 Å². The van der Waals surface area contributed by atoms with Crippen LogP contribution in [0.4, 0.5) is 0 Å². The van der Waals surface area contributed by atoms with Gasteiger partial charge in [-0.2, -0.15) is 4.73 Å². The van der Waals surface area contributed by atoms with Crippen LogP contribution in [-0.4, -0.2) is 74.9 Å². The van der Waals surface area contributed by atoms with Gasteiger partial charge < -0.3 is 35.1 Å². The number of pyridine rings is 1. The highest BCUT2D eigenvalue weighted by Gasteiger charge is 2.41. The van der Waals surface area contributed by atoms with Crippen molar-refractivity contribution in [2.24, 2.45) is 0 Å². The number of aromatic nitrogens is 1. The van der Waals surface area contributed by atoms with E-state index < -0.39 is 11.6 Å². The monoisotopic (exact) mass is 751 g/mol. The molecular weight excluding hydrogens is 695 g/mol. The van der Waals surface area contributed by atoms with E-state index in [9.17, 15) is 30.1 Å². The van der Waals surface area contributed by atoms with Gasteiger partial charge in [0.05, 0.1) is 30.4 Å². The number of nitrogens with zero attached hydrogens (tertiary/aromatic N) is 3. The first-order chi connectivity index (χ1) is 26.4. The average molecular weight is 752 g/mol. The quantitative estimate of drug-likeness (QED) is 0.0806. The topological polar surface area (TPSA) is 137 Å². The predicted octanol–water partition coefficient (Wildman–Crippen LogP) is 6.27. The fourth-order valence-electron chi connectivity index (χ4n) is 8.09. The molecule has 1 atom stereocenters. The van der Waals surface area contributed by atoms with E-state index in [1.165, 1.54) is 12.4 Å². The van der Waals surface area contributed by atoms with Gasteiger partial charge in [0.15, 0.2) is 12.4 Å². The summed E-state index contributed by atoms with van der Waals surface area (Å²) < 4.78 is 6.63. The van der Waals surface area contributed by atoms with Gasteiger partial charge in [-0.3, -0.25) is 9.59 Å². The molecule has 3 aromatic carbocycles. The number of ether oxygens (including phenoxy) is 1. The van der Waals surface area contributed by atoms with Crippen molar-refractivity contribution < 1.29 is 34.4 Å². The Hall–Kier alpha value is -4.77. The van der Waals surface area contributed by atoms with Gasteiger partial charge in [0.25, 0.3) is 11.8 Å². The summed E-state index contributed by atoms with van der Waals surface area (Å²) in [5, 5.41) is 43.1. The Balaban J connectivity index is 1.30. The van der Waals surface area contributed by atoms with E-state index in [1.807, 2.05) is 98.5 Å². The fraction of sp³-hybridized carbons (Fsp3) is 0.444. The van der Waals surface area contributed by atoms with Crippen LogP contribution in [0.5, 0.6) is 5.75 Å². The van der Waals surface area contributed by atoms with E-state index in [0.29, 0.717) is 35.3 Å². The minimum absolute atomic E-state index is 0.0756. The molecule has 1 aliphatic rings. The van der Waals surface area contributed by atoms with E-state index in [2.05, 4.69) is 6.92 Å². The molecule has 1 heterocycles. The number of rotatable bonds is 18. The van der Waals surface area contributed by atoms with Gasteiger partial charge in [-0.1, -0.05) is 67.8 Å². The van der Waals surface area contributed by atoms with E-state index in [-0.39, 0.29) is 56.7 Å². The smallest absolute Gasteiger partial charge is 0.254 e. The molecule has 1 saturated carbocycles. The molecule has 0 radical (unpaired) electrons. The Morgan fingerprint density at radius 1 is 0.909 bits per heavy atom. The summed E-state index contributed by atoms with van der Waals surface area (Å²) >= 11 is 0. The van der Waals surface area contributed by atoms with Crippen LogP contribution >= 0.6 is 0 Å². The Labute approximate surface area is 325 Å². The van der Waals surface area contributed by atoms with Crippen molar-refractivity contribution in [2.75, 3.05) is 26.3 Å². The molecule has 1 unspecified atom stereocenters. The first kappa shape index (κ1) is 41.4. The van der Waals surface area contributed by atoms with E-state index in [4.69, 9.17) is 4.74 Å². The molecule has 2 amide bonds. The fourth-order valence-corrected chi connectivity index (χ4v) is 8.09. The van der Waals surface area contributed by atoms with Crippen LogP contribution in [0.25, 0.3) is 0 Å². The van der Waals surface area contributed by atoms with Crippen LogP contribution in [0, 0.1) is 12.1 Å². The molecule has 0 spiro atoms. The van der Waals surface area contributed by atoms with Crippen molar-refractivity contribution in [3.63, 3.8) is 0 Å². The lowest BCUT2D eigenvalue weighted by Gasteiger charge is -2.41. The van der Waals surface area contributed by atoms with Crippen molar-refractivity contribution >= 4 is 11.8 Å². The number of hydrogen-bond acceptors (Lipinski definition) is 7. The molecule has 3 N–H and O–H groups in total. The molecule has 0 saturated heterocycles. The second-order valence-electron chi connectivity index (χ2n) is 15.3. The zero-order valence-corrected chi connectivity index (χ0v) is 32.7. The molecule has 1 aliphatic carbocycles. The molecule has 5 rings (SSSR count). The van der Waals surface area contributed by atoms with Crippen LogP contribution in [-0.2, 0) is 25.0 Å². The Bertz CT molecular complexity index is 1890. The van der Waals surface area contributed by atoms with Gasteiger partial charge >= 0.3 is 0 Å². The largest absolute Gasteiger partial charge is 0.619 e. The summed E-state index contributed by atoms with van der Waals surface area (Å²) in [6.07, 6.45) is 8.02. The van der Waals surface area contributed by atoms with Gasteiger partial charge in [0, 0.05) is 35.8 Å². The number of β-amino-alcohol motifs (C(OH)–C–C–N with tert-alkyl or cyclic N) is 1. The maximum Gasteiger partial charge on any atom is 0.254 e. The molecule has 10 nitrogen and oxygen atoms in total. The Morgan fingerprint density at radius 3 is 2.29 bits per heavy atom. The molecule has 55 heavy (non-hydrogen) atoms. The summed E-state index contributed by atoms with van der Waals surface area (Å²) in [5.74, 6) is 0.286. The summed E-state index contributed by atoms with van der Waals surface area (Å²) in [7, 11) is 0. The maximum absolute atomic E-state index is 14.5. The lowest BCUT2D eigenvalue weighted by Crippen LogP contribution is -2.51. The van der Waals surface area contributed by atoms with Gasteiger partial charge in [0.1, 0.15) is 12.4 Å². The normalized spacial score (nSPS) is 14.4. The average Bonchev–Trinajstić information content (AvgIpc) is 3.68. The van der Waals surface area contributed by atoms with Crippen molar-refractivity contribution in [3.05, 3.63) is 135 Å².